The van der Waals surface area contributed by atoms with E-state index in [1.165, 1.54) is 63.4 Å². The first-order chi connectivity index (χ1) is 13.8. The molecule has 1 aromatic rings. The highest BCUT2D eigenvalue weighted by molar-refractivity contribution is 5.30. The van der Waals surface area contributed by atoms with Crippen LogP contribution in [0.25, 0.3) is 0 Å². The van der Waals surface area contributed by atoms with E-state index in [1.54, 1.807) is 0 Å². The fourth-order valence-corrected chi connectivity index (χ4v) is 4.77. The Morgan fingerprint density at radius 2 is 1.64 bits per heavy atom. The summed E-state index contributed by atoms with van der Waals surface area (Å²) in [5.74, 6) is 10.9. The number of rotatable bonds is 6. The predicted molar refractivity (Wildman–Crippen MR) is 120 cm³/mol. The Bertz CT molecular complexity index is 644. The minimum atomic E-state index is 0.587. The summed E-state index contributed by atoms with van der Waals surface area (Å²) in [5.41, 5.74) is 1.47. The molecule has 0 bridgehead atoms. The van der Waals surface area contributed by atoms with E-state index in [0.717, 1.165) is 30.6 Å². The minimum Gasteiger partial charge on any atom is -0.494 e. The number of ether oxygens (including phenoxy) is 1. The Kier molecular flexibility index (Phi) is 8.53. The molecule has 0 heterocycles. The molecule has 1 nitrogen and oxygen atoms in total. The van der Waals surface area contributed by atoms with E-state index in [9.17, 15) is 0 Å². The fourth-order valence-electron chi connectivity index (χ4n) is 4.77. The van der Waals surface area contributed by atoms with Crippen molar-refractivity contribution in [2.45, 2.75) is 84.0 Å². The van der Waals surface area contributed by atoms with Crippen molar-refractivity contribution in [3.8, 4) is 17.6 Å². The lowest BCUT2D eigenvalue weighted by atomic mass is 9.79. The Hall–Kier alpha value is -1.68. The standard InChI is InChI=1S/C27H38O/c1-3-21-28-27-19-17-26(18-20-27)25-15-13-24(14-16-25)8-6-5-7-23-11-9-22(4-2)10-12-23/h5,7,17-20,22-25H,3-4,9-16,21H2,1-2H3/b7-5+/t22-,23-,24-,25-. The summed E-state index contributed by atoms with van der Waals surface area (Å²) in [5, 5.41) is 0. The maximum absolute atomic E-state index is 5.70. The molecule has 2 saturated carbocycles. The monoisotopic (exact) mass is 378 g/mol. The lowest BCUT2D eigenvalue weighted by Crippen LogP contribution is -2.12. The van der Waals surface area contributed by atoms with Crippen LogP contribution in [0.4, 0.5) is 0 Å². The van der Waals surface area contributed by atoms with E-state index < -0.39 is 0 Å². The molecule has 0 aliphatic heterocycles. The van der Waals surface area contributed by atoms with Crippen molar-refractivity contribution in [2.24, 2.45) is 17.8 Å². The first-order valence-electron chi connectivity index (χ1n) is 11.7. The van der Waals surface area contributed by atoms with Gasteiger partial charge >= 0.3 is 0 Å². The quantitative estimate of drug-likeness (QED) is 0.465. The van der Waals surface area contributed by atoms with E-state index in [1.807, 2.05) is 0 Å². The van der Waals surface area contributed by atoms with Crippen LogP contribution in [0.5, 0.6) is 5.75 Å². The molecule has 2 fully saturated rings. The Morgan fingerprint density at radius 3 is 2.29 bits per heavy atom. The third-order valence-corrected chi connectivity index (χ3v) is 6.76. The lowest BCUT2D eigenvalue weighted by molar-refractivity contribution is 0.304. The Morgan fingerprint density at radius 1 is 0.929 bits per heavy atom. The van der Waals surface area contributed by atoms with Crippen LogP contribution in [-0.4, -0.2) is 6.61 Å². The van der Waals surface area contributed by atoms with Crippen LogP contribution < -0.4 is 4.74 Å². The Balaban J connectivity index is 1.40. The SMILES string of the molecule is CCCOc1ccc([C@H]2CC[C@H](C#C/C=C/[C@H]3CC[C@H](CC)CC3)CC2)cc1. The third kappa shape index (κ3) is 6.44. The van der Waals surface area contributed by atoms with Gasteiger partial charge in [-0.15, -0.1) is 0 Å². The maximum atomic E-state index is 5.70. The molecule has 152 valence electrons. The van der Waals surface area contributed by atoms with Crippen molar-refractivity contribution in [2.75, 3.05) is 6.61 Å². The summed E-state index contributed by atoms with van der Waals surface area (Å²) in [6.45, 7) is 5.28. The summed E-state index contributed by atoms with van der Waals surface area (Å²) in [6.07, 6.45) is 17.5. The van der Waals surface area contributed by atoms with Crippen LogP contribution in [0.1, 0.15) is 89.5 Å². The molecule has 2 aliphatic rings. The van der Waals surface area contributed by atoms with Gasteiger partial charge in [0.05, 0.1) is 6.61 Å². The number of hydrogen-bond acceptors (Lipinski definition) is 1. The zero-order chi connectivity index (χ0) is 19.6. The van der Waals surface area contributed by atoms with E-state index >= 15 is 0 Å². The van der Waals surface area contributed by atoms with Gasteiger partial charge in [-0.3, -0.25) is 0 Å². The molecule has 0 spiro atoms. The minimum absolute atomic E-state index is 0.587. The second-order valence-electron chi connectivity index (χ2n) is 8.80. The van der Waals surface area contributed by atoms with Gasteiger partial charge in [-0.2, -0.15) is 0 Å². The molecular formula is C27H38O. The molecule has 1 aromatic carbocycles. The summed E-state index contributed by atoms with van der Waals surface area (Å²) < 4.78 is 5.70. The number of hydrogen-bond donors (Lipinski definition) is 0. The van der Waals surface area contributed by atoms with Crippen molar-refractivity contribution in [1.29, 1.82) is 0 Å². The predicted octanol–water partition coefficient (Wildman–Crippen LogP) is 7.53. The van der Waals surface area contributed by atoms with Crippen molar-refractivity contribution in [1.82, 2.24) is 0 Å². The normalized spacial score (nSPS) is 27.9. The topological polar surface area (TPSA) is 9.23 Å². The van der Waals surface area contributed by atoms with Crippen LogP contribution >= 0.6 is 0 Å². The first kappa shape index (κ1) is 21.0. The van der Waals surface area contributed by atoms with Crippen LogP contribution in [-0.2, 0) is 0 Å². The van der Waals surface area contributed by atoms with Crippen molar-refractivity contribution >= 4 is 0 Å². The summed E-state index contributed by atoms with van der Waals surface area (Å²) in [4.78, 5) is 0. The molecule has 1 heteroatoms. The van der Waals surface area contributed by atoms with Crippen LogP contribution in [0, 0.1) is 29.6 Å². The van der Waals surface area contributed by atoms with Crippen molar-refractivity contribution < 1.29 is 4.74 Å². The van der Waals surface area contributed by atoms with E-state index in [2.05, 4.69) is 62.1 Å². The second-order valence-corrected chi connectivity index (χ2v) is 8.80. The first-order valence-corrected chi connectivity index (χ1v) is 11.7. The maximum Gasteiger partial charge on any atom is 0.119 e. The molecule has 0 atom stereocenters. The van der Waals surface area contributed by atoms with Crippen LogP contribution in [0.2, 0.25) is 0 Å². The molecule has 0 radical (unpaired) electrons. The molecular weight excluding hydrogens is 340 g/mol. The molecule has 0 unspecified atom stereocenters. The van der Waals surface area contributed by atoms with E-state index in [0.29, 0.717) is 11.8 Å². The van der Waals surface area contributed by atoms with Gasteiger partial charge in [0.1, 0.15) is 5.75 Å². The van der Waals surface area contributed by atoms with Gasteiger partial charge < -0.3 is 4.74 Å². The van der Waals surface area contributed by atoms with Crippen molar-refractivity contribution in [3.05, 3.63) is 42.0 Å². The highest BCUT2D eigenvalue weighted by Gasteiger charge is 2.21. The zero-order valence-corrected chi connectivity index (χ0v) is 18.0. The van der Waals surface area contributed by atoms with Crippen LogP contribution in [0.3, 0.4) is 0 Å². The second kappa shape index (κ2) is 11.4. The van der Waals surface area contributed by atoms with E-state index in [4.69, 9.17) is 4.74 Å². The molecule has 3 rings (SSSR count). The summed E-state index contributed by atoms with van der Waals surface area (Å²) in [7, 11) is 0. The molecule has 0 N–H and O–H groups in total. The average molecular weight is 379 g/mol. The highest BCUT2D eigenvalue weighted by Crippen LogP contribution is 2.36. The largest absolute Gasteiger partial charge is 0.494 e. The third-order valence-electron chi connectivity index (χ3n) is 6.76. The van der Waals surface area contributed by atoms with Gasteiger partial charge in [0.15, 0.2) is 0 Å². The van der Waals surface area contributed by atoms with Crippen molar-refractivity contribution in [3.63, 3.8) is 0 Å². The van der Waals surface area contributed by atoms with Gasteiger partial charge in [-0.25, -0.2) is 0 Å². The number of allylic oxidation sites excluding steroid dienone is 2. The molecule has 0 aromatic heterocycles. The smallest absolute Gasteiger partial charge is 0.119 e. The summed E-state index contributed by atoms with van der Waals surface area (Å²) in [6, 6.07) is 8.79. The molecule has 0 amide bonds. The summed E-state index contributed by atoms with van der Waals surface area (Å²) >= 11 is 0. The number of benzene rings is 1. The molecule has 2 aliphatic carbocycles. The lowest BCUT2D eigenvalue weighted by Gasteiger charge is -2.26. The Labute approximate surface area is 173 Å². The molecule has 28 heavy (non-hydrogen) atoms. The van der Waals surface area contributed by atoms with Gasteiger partial charge in [0, 0.05) is 5.92 Å². The van der Waals surface area contributed by atoms with Gasteiger partial charge in [-0.05, 0) is 99.3 Å². The van der Waals surface area contributed by atoms with Gasteiger partial charge in [0.2, 0.25) is 0 Å². The highest BCUT2D eigenvalue weighted by atomic mass is 16.5. The zero-order valence-electron chi connectivity index (χ0n) is 18.0. The fraction of sp³-hybridized carbons (Fsp3) is 0.630. The van der Waals surface area contributed by atoms with Gasteiger partial charge in [0.25, 0.3) is 0 Å². The van der Waals surface area contributed by atoms with Gasteiger partial charge in [-0.1, -0.05) is 50.3 Å². The molecule has 0 saturated heterocycles. The average Bonchev–Trinajstić information content (AvgIpc) is 2.76. The van der Waals surface area contributed by atoms with E-state index in [-0.39, 0.29) is 0 Å². The van der Waals surface area contributed by atoms with Crippen LogP contribution in [0.15, 0.2) is 36.4 Å².